The Kier molecular flexibility index (Phi) is 4.42. The van der Waals surface area contributed by atoms with E-state index in [4.69, 9.17) is 9.31 Å². The molecule has 0 N–H and O–H groups in total. The molecule has 1 aliphatic heterocycles. The molecule has 26 heavy (non-hydrogen) atoms. The first kappa shape index (κ1) is 19.8. The zero-order chi connectivity index (χ0) is 19.7. The van der Waals surface area contributed by atoms with Crippen molar-refractivity contribution in [2.75, 3.05) is 0 Å². The van der Waals surface area contributed by atoms with Crippen molar-refractivity contribution < 1.29 is 13.7 Å². The quantitative estimate of drug-likeness (QED) is 0.656. The minimum Gasteiger partial charge on any atom is -0.399 e. The van der Waals surface area contributed by atoms with Crippen LogP contribution in [0.25, 0.3) is 6.08 Å². The van der Waals surface area contributed by atoms with Gasteiger partial charge < -0.3 is 9.31 Å². The maximum Gasteiger partial charge on any atom is 0.498 e. The smallest absolute Gasteiger partial charge is 0.399 e. The van der Waals surface area contributed by atoms with E-state index in [0.717, 1.165) is 5.56 Å². The van der Waals surface area contributed by atoms with Gasteiger partial charge in [0.2, 0.25) is 0 Å². The van der Waals surface area contributed by atoms with Crippen LogP contribution in [-0.2, 0) is 9.31 Å². The normalized spacial score (nSPS) is 24.2. The molecule has 1 heterocycles. The Morgan fingerprint density at radius 3 is 2.08 bits per heavy atom. The van der Waals surface area contributed by atoms with Gasteiger partial charge in [0.25, 0.3) is 0 Å². The molecule has 1 saturated heterocycles. The number of hydrogen-bond acceptors (Lipinski definition) is 2. The summed E-state index contributed by atoms with van der Waals surface area (Å²) in [6.07, 6.45) is 4.36. The summed E-state index contributed by atoms with van der Waals surface area (Å²) in [4.78, 5) is 0. The van der Waals surface area contributed by atoms with Crippen LogP contribution in [0, 0.1) is 5.82 Å². The van der Waals surface area contributed by atoms with Crippen LogP contribution in [0.15, 0.2) is 18.2 Å². The van der Waals surface area contributed by atoms with Crippen LogP contribution in [0.4, 0.5) is 4.39 Å². The Hall–Kier alpha value is -0.908. The molecule has 1 aromatic rings. The van der Waals surface area contributed by atoms with Crippen molar-refractivity contribution in [2.24, 2.45) is 0 Å². The lowest BCUT2D eigenvalue weighted by Crippen LogP contribution is -2.44. The van der Waals surface area contributed by atoms with Gasteiger partial charge in [-0.05, 0) is 55.5 Å². The van der Waals surface area contributed by atoms with Crippen LogP contribution in [0.1, 0.15) is 65.1 Å². The molecule has 5 heteroatoms. The molecule has 1 fully saturated rings. The highest BCUT2D eigenvalue weighted by molar-refractivity contribution is 6.82. The molecule has 1 atom stereocenters. The molecular weight excluding hydrogens is 342 g/mol. The van der Waals surface area contributed by atoms with Crippen LogP contribution in [0.3, 0.4) is 0 Å². The third-order valence-corrected chi connectivity index (χ3v) is 13.2. The van der Waals surface area contributed by atoms with E-state index in [2.05, 4.69) is 46.0 Å². The van der Waals surface area contributed by atoms with E-state index in [0.29, 0.717) is 11.0 Å². The fourth-order valence-electron chi connectivity index (χ4n) is 3.68. The van der Waals surface area contributed by atoms with E-state index < -0.39 is 26.4 Å². The minimum atomic E-state index is -1.65. The summed E-state index contributed by atoms with van der Waals surface area (Å²) >= 11 is 0. The third-order valence-electron chi connectivity index (χ3n) is 7.26. The third kappa shape index (κ3) is 2.83. The Bertz CT molecular complexity index is 746. The van der Waals surface area contributed by atoms with Gasteiger partial charge in [-0.15, -0.1) is 0 Å². The zero-order valence-corrected chi connectivity index (χ0v) is 18.7. The van der Waals surface area contributed by atoms with E-state index in [9.17, 15) is 4.39 Å². The molecule has 0 amide bonds. The molecule has 2 aliphatic rings. The van der Waals surface area contributed by atoms with Crippen molar-refractivity contribution in [3.63, 3.8) is 0 Å². The minimum absolute atomic E-state index is 0.247. The van der Waals surface area contributed by atoms with Gasteiger partial charge in [-0.2, -0.15) is 0 Å². The largest absolute Gasteiger partial charge is 0.498 e. The molecule has 0 aromatic heterocycles. The van der Waals surface area contributed by atoms with Crippen molar-refractivity contribution in [1.29, 1.82) is 0 Å². The second-order valence-corrected chi connectivity index (χ2v) is 15.9. The number of benzene rings is 1. The molecule has 0 radical (unpaired) electrons. The first-order valence-corrected chi connectivity index (χ1v) is 12.6. The van der Waals surface area contributed by atoms with Crippen molar-refractivity contribution >= 4 is 26.7 Å². The molecule has 142 valence electrons. The maximum atomic E-state index is 14.9. The monoisotopic (exact) mass is 374 g/mol. The van der Waals surface area contributed by atoms with Crippen molar-refractivity contribution in [2.45, 2.75) is 83.3 Å². The first-order valence-electron chi connectivity index (χ1n) is 9.55. The van der Waals surface area contributed by atoms with Gasteiger partial charge in [0.1, 0.15) is 5.82 Å². The lowest BCUT2D eigenvalue weighted by molar-refractivity contribution is 0.00578. The first-order chi connectivity index (χ1) is 11.7. The van der Waals surface area contributed by atoms with Gasteiger partial charge >= 0.3 is 7.12 Å². The highest BCUT2D eigenvalue weighted by Gasteiger charge is 2.54. The van der Waals surface area contributed by atoms with Crippen LogP contribution in [0.2, 0.25) is 18.1 Å². The van der Waals surface area contributed by atoms with Gasteiger partial charge in [-0.25, -0.2) is 4.39 Å². The zero-order valence-electron chi connectivity index (χ0n) is 17.7. The van der Waals surface area contributed by atoms with Gasteiger partial charge in [0.05, 0.1) is 19.3 Å². The number of rotatable bonds is 2. The summed E-state index contributed by atoms with van der Waals surface area (Å²) < 4.78 is 27.2. The van der Waals surface area contributed by atoms with Crippen LogP contribution >= 0.6 is 0 Å². The van der Waals surface area contributed by atoms with Crippen LogP contribution in [-0.4, -0.2) is 26.4 Å². The predicted molar refractivity (Wildman–Crippen MR) is 111 cm³/mol. The molecule has 0 saturated carbocycles. The van der Waals surface area contributed by atoms with Crippen LogP contribution in [0.5, 0.6) is 0 Å². The van der Waals surface area contributed by atoms with Crippen LogP contribution < -0.4 is 5.46 Å². The summed E-state index contributed by atoms with van der Waals surface area (Å²) in [7, 11) is -2.32. The van der Waals surface area contributed by atoms with Gasteiger partial charge in [0.15, 0.2) is 0 Å². The summed E-state index contributed by atoms with van der Waals surface area (Å²) in [5, 5.41) is 0.252. The molecule has 0 unspecified atom stereocenters. The highest BCUT2D eigenvalue weighted by atomic mass is 28.3. The Balaban J connectivity index is 2.07. The van der Waals surface area contributed by atoms with E-state index >= 15 is 0 Å². The Labute approximate surface area is 159 Å². The van der Waals surface area contributed by atoms with E-state index in [-0.39, 0.29) is 10.9 Å². The topological polar surface area (TPSA) is 18.5 Å². The summed E-state index contributed by atoms with van der Waals surface area (Å²) in [5.41, 5.74) is 2.15. The van der Waals surface area contributed by atoms with Crippen molar-refractivity contribution in [3.8, 4) is 0 Å². The fourth-order valence-corrected chi connectivity index (χ4v) is 6.22. The van der Waals surface area contributed by atoms with E-state index in [1.165, 1.54) is 5.56 Å². The molecule has 3 rings (SSSR count). The molecule has 0 spiro atoms. The second-order valence-electron chi connectivity index (χ2n) is 10.4. The number of fused-ring (bicyclic) bond motifs is 1. The SMILES string of the molecule is CC1(C)OB(c2c(F)ccc3c2C=C[C@H]3[Si](C)(C)C(C)(C)C)OC1(C)C. The van der Waals surface area contributed by atoms with Crippen molar-refractivity contribution in [1.82, 2.24) is 0 Å². The Morgan fingerprint density at radius 1 is 1.04 bits per heavy atom. The molecule has 0 bridgehead atoms. The van der Waals surface area contributed by atoms with E-state index in [1.54, 1.807) is 6.07 Å². The summed E-state index contributed by atoms with van der Waals surface area (Å²) in [6, 6.07) is 3.55. The highest BCUT2D eigenvalue weighted by Crippen LogP contribution is 2.48. The second kappa shape index (κ2) is 5.79. The lowest BCUT2D eigenvalue weighted by Gasteiger charge is -2.41. The lowest BCUT2D eigenvalue weighted by atomic mass is 9.74. The average Bonchev–Trinajstić information content (AvgIpc) is 2.96. The predicted octanol–water partition coefficient (Wildman–Crippen LogP) is 5.28. The fraction of sp³-hybridized carbons (Fsp3) is 0.619. The van der Waals surface area contributed by atoms with Crippen molar-refractivity contribution in [3.05, 3.63) is 35.2 Å². The maximum absolute atomic E-state index is 14.9. The average molecular weight is 374 g/mol. The molecule has 1 aliphatic carbocycles. The number of hydrogen-bond donors (Lipinski definition) is 0. The number of halogens is 1. The van der Waals surface area contributed by atoms with Gasteiger partial charge in [-0.3, -0.25) is 0 Å². The molecular formula is C21H32BFO2Si. The molecule has 1 aromatic carbocycles. The van der Waals surface area contributed by atoms with E-state index in [1.807, 2.05) is 33.8 Å². The Morgan fingerprint density at radius 2 is 1.58 bits per heavy atom. The standard InChI is InChI=1S/C21H32BFO2Si/c1-19(2,3)26(8,9)17-13-11-15-14(17)10-12-16(23)18(15)22-24-20(4,5)21(6,7)25-22/h10-13,17H,1-9H3/t17-/m1/s1. The van der Waals surface area contributed by atoms with Gasteiger partial charge in [0, 0.05) is 5.46 Å². The summed E-state index contributed by atoms with van der Waals surface area (Å²) in [6.45, 7) is 19.8. The number of allylic oxidation sites excluding steroid dienone is 1. The summed E-state index contributed by atoms with van der Waals surface area (Å²) in [5.74, 6) is -0.247. The van der Waals surface area contributed by atoms with Gasteiger partial charge in [-0.1, -0.05) is 52.1 Å². The molecule has 2 nitrogen and oxygen atoms in total.